The third-order valence-corrected chi connectivity index (χ3v) is 12.0. The number of ketones is 3. The molecule has 23 heteroatoms. The lowest BCUT2D eigenvalue weighted by Crippen LogP contribution is -2.55. The SMILES string of the molecule is COc1cccc2c1C(=O)c1c(O)c3c(c(O)c1C2=O)C[C@@](O)(C(=O)CO)C[C@H]3OC1C[C@H](NC(=O)CCCC(=O)NCCOCCOCC(=O)Nc2ccc(OC)c(C(N)=O)c2O)[C@H](O)[C@H](C)O1. The molecule has 23 nitrogen and oxygen atoms in total. The van der Waals surface area contributed by atoms with E-state index >= 15 is 0 Å². The Morgan fingerprint density at radius 2 is 1.55 bits per heavy atom. The Morgan fingerprint density at radius 3 is 2.25 bits per heavy atom. The van der Waals surface area contributed by atoms with Crippen molar-refractivity contribution < 1.29 is 92.6 Å². The molecule has 0 aromatic heterocycles. The molecule has 69 heavy (non-hydrogen) atoms. The van der Waals surface area contributed by atoms with Crippen LogP contribution in [0.4, 0.5) is 5.69 Å². The molecule has 1 aliphatic heterocycles. The summed E-state index contributed by atoms with van der Waals surface area (Å²) >= 11 is 0. The highest BCUT2D eigenvalue weighted by Crippen LogP contribution is 2.52. The van der Waals surface area contributed by atoms with E-state index in [1.807, 2.05) is 0 Å². The summed E-state index contributed by atoms with van der Waals surface area (Å²) in [5.74, 6) is -7.24. The van der Waals surface area contributed by atoms with Crippen molar-refractivity contribution in [3.05, 3.63) is 69.3 Å². The molecule has 6 atom stereocenters. The molecule has 1 heterocycles. The predicted molar refractivity (Wildman–Crippen MR) is 236 cm³/mol. The molecule has 11 N–H and O–H groups in total. The number of hydrogen-bond donors (Lipinski definition) is 10. The highest BCUT2D eigenvalue weighted by molar-refractivity contribution is 6.31. The van der Waals surface area contributed by atoms with Gasteiger partial charge in [0.1, 0.15) is 53.5 Å². The zero-order valence-electron chi connectivity index (χ0n) is 37.8. The van der Waals surface area contributed by atoms with Gasteiger partial charge < -0.3 is 80.7 Å². The van der Waals surface area contributed by atoms with Crippen LogP contribution >= 0.6 is 0 Å². The summed E-state index contributed by atoms with van der Waals surface area (Å²) in [7, 11) is 2.58. The molecule has 2 aliphatic carbocycles. The Kier molecular flexibility index (Phi) is 16.6. The Labute approximate surface area is 393 Å². The summed E-state index contributed by atoms with van der Waals surface area (Å²) in [5, 5.41) is 73.8. The van der Waals surface area contributed by atoms with Crippen LogP contribution in [0.5, 0.6) is 28.7 Å². The van der Waals surface area contributed by atoms with E-state index in [1.165, 1.54) is 51.5 Å². The van der Waals surface area contributed by atoms with Gasteiger partial charge in [-0.2, -0.15) is 0 Å². The van der Waals surface area contributed by atoms with E-state index in [4.69, 9.17) is 34.2 Å². The van der Waals surface area contributed by atoms with Gasteiger partial charge in [-0.05, 0) is 31.5 Å². The number of aliphatic hydroxyl groups excluding tert-OH is 2. The van der Waals surface area contributed by atoms with Crippen LogP contribution in [-0.4, -0.2) is 156 Å². The Balaban J connectivity index is 0.978. The number of nitrogens with two attached hydrogens (primary N) is 1. The van der Waals surface area contributed by atoms with Gasteiger partial charge in [-0.25, -0.2) is 0 Å². The van der Waals surface area contributed by atoms with Crippen molar-refractivity contribution in [2.75, 3.05) is 59.1 Å². The Bertz CT molecular complexity index is 2510. The van der Waals surface area contributed by atoms with Gasteiger partial charge in [0.2, 0.25) is 23.5 Å². The van der Waals surface area contributed by atoms with Crippen molar-refractivity contribution in [1.82, 2.24) is 10.6 Å². The summed E-state index contributed by atoms with van der Waals surface area (Å²) in [5.41, 5.74) is 0.649. The van der Waals surface area contributed by atoms with E-state index in [0.717, 1.165) is 0 Å². The molecular formula is C46H54N4O19. The maximum Gasteiger partial charge on any atom is 0.256 e. The smallest absolute Gasteiger partial charge is 0.256 e. The monoisotopic (exact) mass is 966 g/mol. The number of nitrogens with one attached hydrogen (secondary N) is 3. The molecule has 3 aromatic rings. The molecule has 4 amide bonds. The highest BCUT2D eigenvalue weighted by Gasteiger charge is 2.50. The lowest BCUT2D eigenvalue weighted by Gasteiger charge is -2.43. The Morgan fingerprint density at radius 1 is 0.855 bits per heavy atom. The quantitative estimate of drug-likeness (QED) is 0.0297. The van der Waals surface area contributed by atoms with Gasteiger partial charge in [-0.15, -0.1) is 0 Å². The number of fused-ring (bicyclic) bond motifs is 3. The second-order valence-corrected chi connectivity index (χ2v) is 16.5. The maximum absolute atomic E-state index is 14.0. The number of anilines is 1. The molecule has 1 unspecified atom stereocenters. The second kappa shape index (κ2) is 22.1. The van der Waals surface area contributed by atoms with Crippen LogP contribution in [0.25, 0.3) is 0 Å². The maximum atomic E-state index is 14.0. The first-order chi connectivity index (χ1) is 32.8. The minimum atomic E-state index is -2.38. The van der Waals surface area contributed by atoms with Crippen LogP contribution < -0.4 is 31.2 Å². The number of primary amides is 1. The highest BCUT2D eigenvalue weighted by atomic mass is 16.7. The number of methoxy groups -OCH3 is 2. The molecule has 372 valence electrons. The van der Waals surface area contributed by atoms with Gasteiger partial charge in [-0.1, -0.05) is 12.1 Å². The van der Waals surface area contributed by atoms with Crippen LogP contribution in [0.3, 0.4) is 0 Å². The van der Waals surface area contributed by atoms with Gasteiger partial charge in [-0.3, -0.25) is 33.6 Å². The number of phenolic OH excluding ortho intramolecular Hbond substituents is 2. The summed E-state index contributed by atoms with van der Waals surface area (Å²) in [6.07, 6.45) is -6.53. The van der Waals surface area contributed by atoms with Crippen LogP contribution in [0.2, 0.25) is 0 Å². The number of amides is 4. The molecule has 6 rings (SSSR count). The molecule has 0 bridgehead atoms. The Hall–Kier alpha value is -6.73. The number of aliphatic hydroxyl groups is 3. The fourth-order valence-electron chi connectivity index (χ4n) is 8.55. The number of benzene rings is 3. The van der Waals surface area contributed by atoms with Crippen molar-refractivity contribution >= 4 is 46.7 Å². The molecule has 1 saturated heterocycles. The lowest BCUT2D eigenvalue weighted by atomic mass is 9.72. The van der Waals surface area contributed by atoms with E-state index in [-0.39, 0.29) is 103 Å². The predicted octanol–water partition coefficient (Wildman–Crippen LogP) is -0.0697. The standard InChI is InChI=1S/C46H54N4O19/c1-21-39(56)25(50-31(54)9-5-8-30(53)48-12-13-66-14-15-67-20-32(55)49-24-10-11-27(65-3)36(42(24)59)45(47)62)16-33(68-21)69-28-18-46(63,29(52)19-51)17-23-35(28)44(61)38-37(41(23)58)40(57)22-6-4-7-26(64-2)34(22)43(38)60/h4,6-7,10-11,21,25,28,33,39,51,56,58-59,61,63H,5,8-9,12-20H2,1-3H3,(H2,47,62)(H,48,53)(H,49,55)(H,50,54)/t21-,25-,28+,33?,39+,46-/m0/s1. The minimum Gasteiger partial charge on any atom is -0.507 e. The summed E-state index contributed by atoms with van der Waals surface area (Å²) in [6.45, 7) is 0.316. The lowest BCUT2D eigenvalue weighted by molar-refractivity contribution is -0.249. The summed E-state index contributed by atoms with van der Waals surface area (Å²) in [6, 6.07) is 5.96. The molecule has 0 radical (unpaired) electrons. The van der Waals surface area contributed by atoms with E-state index in [1.54, 1.807) is 0 Å². The molecule has 1 fully saturated rings. The third-order valence-electron chi connectivity index (χ3n) is 12.0. The fraction of sp³-hybridized carbons (Fsp3) is 0.457. The van der Waals surface area contributed by atoms with Crippen molar-refractivity contribution in [3.63, 3.8) is 0 Å². The van der Waals surface area contributed by atoms with Gasteiger partial charge in [0.15, 0.2) is 23.6 Å². The third kappa shape index (κ3) is 11.1. The number of carbonyl (C=O) groups is 7. The van der Waals surface area contributed by atoms with Crippen LogP contribution in [0.15, 0.2) is 30.3 Å². The zero-order valence-corrected chi connectivity index (χ0v) is 37.8. The van der Waals surface area contributed by atoms with Gasteiger partial charge in [0.05, 0.1) is 74.7 Å². The van der Waals surface area contributed by atoms with E-state index in [9.17, 15) is 64.2 Å². The number of carbonyl (C=O) groups excluding carboxylic acids is 7. The van der Waals surface area contributed by atoms with Crippen LogP contribution in [0, 0.1) is 0 Å². The first kappa shape index (κ1) is 51.7. The zero-order chi connectivity index (χ0) is 50.3. The van der Waals surface area contributed by atoms with E-state index in [2.05, 4.69) is 16.0 Å². The van der Waals surface area contributed by atoms with Crippen molar-refractivity contribution in [3.8, 4) is 28.7 Å². The molecule has 3 aliphatic rings. The summed E-state index contributed by atoms with van der Waals surface area (Å²) in [4.78, 5) is 90.1. The number of rotatable bonds is 21. The van der Waals surface area contributed by atoms with Crippen molar-refractivity contribution in [1.29, 1.82) is 0 Å². The van der Waals surface area contributed by atoms with Gasteiger partial charge in [0.25, 0.3) is 5.91 Å². The van der Waals surface area contributed by atoms with Crippen LogP contribution in [-0.2, 0) is 44.5 Å². The number of phenols is 3. The minimum absolute atomic E-state index is 0.0157. The largest absolute Gasteiger partial charge is 0.507 e. The first-order valence-electron chi connectivity index (χ1n) is 21.8. The molecule has 0 saturated carbocycles. The van der Waals surface area contributed by atoms with E-state index < -0.39 is 126 Å². The molecule has 3 aromatic carbocycles. The average Bonchev–Trinajstić information content (AvgIpc) is 3.31. The fourth-order valence-corrected chi connectivity index (χ4v) is 8.55. The molecule has 0 spiro atoms. The van der Waals surface area contributed by atoms with Gasteiger partial charge in [0, 0.05) is 55.3 Å². The first-order valence-corrected chi connectivity index (χ1v) is 21.8. The summed E-state index contributed by atoms with van der Waals surface area (Å²) < 4.78 is 33.1. The van der Waals surface area contributed by atoms with Crippen molar-refractivity contribution in [2.45, 2.75) is 81.7 Å². The number of Topliss-reactive ketones (excluding diaryl/α,β-unsaturated/α-hetero) is 1. The number of aromatic hydroxyl groups is 3. The van der Waals surface area contributed by atoms with E-state index in [0.29, 0.717) is 0 Å². The normalized spacial score (nSPS) is 21.6. The number of hydrogen-bond acceptors (Lipinski definition) is 19. The average molecular weight is 967 g/mol. The topological polar surface area (TPSA) is 358 Å². The van der Waals surface area contributed by atoms with Crippen molar-refractivity contribution in [2.24, 2.45) is 5.73 Å². The molecular weight excluding hydrogens is 913 g/mol. The number of ether oxygens (including phenoxy) is 6. The second-order valence-electron chi connectivity index (χ2n) is 16.5. The van der Waals surface area contributed by atoms with Crippen LogP contribution in [0.1, 0.15) is 98.5 Å². The van der Waals surface area contributed by atoms with Gasteiger partial charge >= 0.3 is 0 Å².